The van der Waals surface area contributed by atoms with Crippen molar-refractivity contribution >= 4 is 23.5 Å². The number of benzene rings is 2. The smallest absolute Gasteiger partial charge is 0.303 e. The second kappa shape index (κ2) is 12.5. The van der Waals surface area contributed by atoms with Gasteiger partial charge in [-0.05, 0) is 55.5 Å². The van der Waals surface area contributed by atoms with E-state index in [1.165, 1.54) is 6.92 Å². The van der Waals surface area contributed by atoms with Crippen molar-refractivity contribution in [3.8, 4) is 11.5 Å². The van der Waals surface area contributed by atoms with E-state index in [9.17, 15) is 19.8 Å². The number of phenols is 1. The van der Waals surface area contributed by atoms with Crippen LogP contribution in [0.4, 0.5) is 0 Å². The number of hydrogen-bond donors (Lipinski definition) is 3. The number of rotatable bonds is 13. The first-order chi connectivity index (χ1) is 15.2. The second-order valence-electron chi connectivity index (χ2n) is 7.88. The van der Waals surface area contributed by atoms with Gasteiger partial charge in [0.1, 0.15) is 11.5 Å². The molecule has 0 amide bonds. The number of aromatic hydroxyl groups is 1. The number of aliphatic carboxylic acids is 1. The summed E-state index contributed by atoms with van der Waals surface area (Å²) in [4.78, 5) is 23.5. The highest BCUT2D eigenvalue weighted by Gasteiger charge is 2.19. The Labute approximate surface area is 193 Å². The van der Waals surface area contributed by atoms with Crippen molar-refractivity contribution in [3.63, 3.8) is 0 Å². The lowest BCUT2D eigenvalue weighted by Gasteiger charge is -2.17. The second-order valence-corrected chi connectivity index (χ2v) is 9.05. The summed E-state index contributed by atoms with van der Waals surface area (Å²) in [5, 5.41) is 29.6. The summed E-state index contributed by atoms with van der Waals surface area (Å²) in [7, 11) is 0. The lowest BCUT2D eigenvalue weighted by atomic mass is 9.95. The summed E-state index contributed by atoms with van der Waals surface area (Å²) in [5.74, 6) is 0.0253. The number of hydrogen-bond acceptors (Lipinski definition) is 6. The Bertz CT molecular complexity index is 909. The van der Waals surface area contributed by atoms with E-state index in [-0.39, 0.29) is 23.9 Å². The summed E-state index contributed by atoms with van der Waals surface area (Å²) < 4.78 is 5.89. The Kier molecular flexibility index (Phi) is 10.1. The maximum Gasteiger partial charge on any atom is 0.303 e. The van der Waals surface area contributed by atoms with Crippen LogP contribution in [0, 0.1) is 5.92 Å². The molecule has 3 N–H and O–H groups in total. The minimum atomic E-state index is -0.919. The fourth-order valence-corrected chi connectivity index (χ4v) is 4.26. The van der Waals surface area contributed by atoms with Gasteiger partial charge in [-0.25, -0.2) is 0 Å². The maximum atomic E-state index is 11.7. The van der Waals surface area contributed by atoms with Crippen molar-refractivity contribution in [2.45, 2.75) is 57.5 Å². The van der Waals surface area contributed by atoms with Gasteiger partial charge in [0.2, 0.25) is 0 Å². The van der Waals surface area contributed by atoms with Gasteiger partial charge in [0.05, 0.1) is 24.7 Å². The number of Topliss-reactive ketones (excluding diaryl/α,β-unsaturated/α-hetero) is 1. The molecule has 0 bridgehead atoms. The molecule has 0 aliphatic carbocycles. The number of carboxylic acid groups (broad SMARTS) is 1. The molecule has 174 valence electrons. The molecule has 6 nitrogen and oxygen atoms in total. The molecule has 0 aliphatic heterocycles. The molecule has 0 unspecified atom stereocenters. The molecule has 0 spiro atoms. The molecular weight excluding hydrogens is 428 g/mol. The number of thioether (sulfide) groups is 1. The summed E-state index contributed by atoms with van der Waals surface area (Å²) >= 11 is 1.67. The number of carbonyl (C=O) groups excluding carboxylic acids is 1. The lowest BCUT2D eigenvalue weighted by molar-refractivity contribution is -0.139. The van der Waals surface area contributed by atoms with Crippen molar-refractivity contribution in [1.29, 1.82) is 0 Å². The van der Waals surface area contributed by atoms with Gasteiger partial charge in [-0.2, -0.15) is 0 Å². The van der Waals surface area contributed by atoms with Gasteiger partial charge in [-0.15, -0.1) is 11.8 Å². The molecule has 0 aliphatic rings. The van der Waals surface area contributed by atoms with E-state index < -0.39 is 12.1 Å². The van der Waals surface area contributed by atoms with Gasteiger partial charge in [-0.1, -0.05) is 32.4 Å². The Balaban J connectivity index is 1.85. The largest absolute Gasteiger partial charge is 0.507 e. The predicted molar refractivity (Wildman–Crippen MR) is 126 cm³/mol. The van der Waals surface area contributed by atoms with E-state index in [0.717, 1.165) is 23.5 Å². The molecule has 32 heavy (non-hydrogen) atoms. The number of ether oxygens (including phenoxy) is 1. The van der Waals surface area contributed by atoms with Gasteiger partial charge in [0, 0.05) is 16.2 Å². The predicted octanol–water partition coefficient (Wildman–Crippen LogP) is 5.25. The Hall–Kier alpha value is -2.51. The average Bonchev–Trinajstić information content (AvgIpc) is 2.75. The van der Waals surface area contributed by atoms with Crippen molar-refractivity contribution in [2.75, 3.05) is 12.4 Å². The lowest BCUT2D eigenvalue weighted by Crippen LogP contribution is -2.13. The van der Waals surface area contributed by atoms with Crippen LogP contribution in [0.2, 0.25) is 0 Å². The van der Waals surface area contributed by atoms with Gasteiger partial charge in [0.15, 0.2) is 5.78 Å². The molecular formula is C25H32O6S. The standard InChI is InChI=1S/C25H32O6S/c1-4-6-21-22(12-11-20(17(3)26)25(21)30)31-13-5-14-32-19-9-7-18(8-10-19)24(29)16(2)15-23(27)28/h7-12,16,24,29-30H,4-6,13-15H2,1-3H3,(H,27,28)/t16-,24+/m0/s1. The van der Waals surface area contributed by atoms with Crippen molar-refractivity contribution in [1.82, 2.24) is 0 Å². The maximum absolute atomic E-state index is 11.7. The van der Waals surface area contributed by atoms with Crippen LogP contribution in [-0.4, -0.2) is 39.4 Å². The number of carboxylic acids is 1. The van der Waals surface area contributed by atoms with Crippen molar-refractivity contribution < 1.29 is 29.6 Å². The summed E-state index contributed by atoms with van der Waals surface area (Å²) in [5.41, 5.74) is 1.71. The number of ketones is 1. The zero-order chi connectivity index (χ0) is 23.7. The first-order valence-electron chi connectivity index (χ1n) is 10.9. The SMILES string of the molecule is CCCc1c(OCCCSc2ccc([C@H](O)[C@@H](C)CC(=O)O)cc2)ccc(C(C)=O)c1O. The molecule has 0 fully saturated rings. The molecule has 7 heteroatoms. The van der Waals surface area contributed by atoms with Crippen molar-refractivity contribution in [2.24, 2.45) is 5.92 Å². The number of carbonyl (C=O) groups is 2. The molecule has 0 radical (unpaired) electrons. The van der Waals surface area contributed by atoms with Gasteiger partial charge in [0.25, 0.3) is 0 Å². The highest BCUT2D eigenvalue weighted by molar-refractivity contribution is 7.99. The van der Waals surface area contributed by atoms with Crippen LogP contribution in [0.5, 0.6) is 11.5 Å². The highest BCUT2D eigenvalue weighted by atomic mass is 32.2. The number of aliphatic hydroxyl groups is 1. The third kappa shape index (κ3) is 7.28. The van der Waals surface area contributed by atoms with Crippen LogP contribution in [-0.2, 0) is 11.2 Å². The van der Waals surface area contributed by atoms with E-state index >= 15 is 0 Å². The van der Waals surface area contributed by atoms with Crippen LogP contribution >= 0.6 is 11.8 Å². The van der Waals surface area contributed by atoms with Crippen molar-refractivity contribution in [3.05, 3.63) is 53.1 Å². The monoisotopic (exact) mass is 460 g/mol. The minimum Gasteiger partial charge on any atom is -0.507 e. The zero-order valence-electron chi connectivity index (χ0n) is 18.8. The van der Waals surface area contributed by atoms with E-state index in [0.29, 0.717) is 35.5 Å². The van der Waals surface area contributed by atoms with E-state index in [2.05, 4.69) is 0 Å². The van der Waals surface area contributed by atoms with E-state index in [1.54, 1.807) is 30.8 Å². The van der Waals surface area contributed by atoms with Gasteiger partial charge >= 0.3 is 5.97 Å². The Morgan fingerprint density at radius 2 is 1.81 bits per heavy atom. The molecule has 0 saturated carbocycles. The van der Waals surface area contributed by atoms with Crippen LogP contribution < -0.4 is 4.74 Å². The molecule has 2 atom stereocenters. The van der Waals surface area contributed by atoms with Gasteiger partial charge in [-0.3, -0.25) is 9.59 Å². The molecule has 2 aromatic carbocycles. The zero-order valence-corrected chi connectivity index (χ0v) is 19.7. The Morgan fingerprint density at radius 3 is 2.41 bits per heavy atom. The van der Waals surface area contributed by atoms with Crippen LogP contribution in [0.25, 0.3) is 0 Å². The first-order valence-corrected chi connectivity index (χ1v) is 11.8. The fourth-order valence-electron chi connectivity index (χ4n) is 3.44. The quantitative estimate of drug-likeness (QED) is 0.213. The number of phenolic OH excluding ortho intramolecular Hbond substituents is 1. The van der Waals surface area contributed by atoms with Crippen LogP contribution in [0.15, 0.2) is 41.3 Å². The summed E-state index contributed by atoms with van der Waals surface area (Å²) in [6.07, 6.45) is 1.39. The highest BCUT2D eigenvalue weighted by Crippen LogP contribution is 2.33. The van der Waals surface area contributed by atoms with E-state index in [1.807, 2.05) is 31.2 Å². The molecule has 0 saturated heterocycles. The number of aliphatic hydroxyl groups excluding tert-OH is 1. The minimum absolute atomic E-state index is 0.0196. The van der Waals surface area contributed by atoms with E-state index in [4.69, 9.17) is 9.84 Å². The fraction of sp³-hybridized carbons (Fsp3) is 0.440. The molecule has 2 aromatic rings. The molecule has 0 aromatic heterocycles. The molecule has 2 rings (SSSR count). The topological polar surface area (TPSA) is 104 Å². The summed E-state index contributed by atoms with van der Waals surface area (Å²) in [6, 6.07) is 10.9. The van der Waals surface area contributed by atoms with Crippen LogP contribution in [0.1, 0.15) is 67.6 Å². The normalized spacial score (nSPS) is 12.9. The molecule has 0 heterocycles. The summed E-state index contributed by atoms with van der Waals surface area (Å²) in [6.45, 7) is 5.66. The first kappa shape index (κ1) is 25.7. The Morgan fingerprint density at radius 1 is 1.12 bits per heavy atom. The van der Waals surface area contributed by atoms with Crippen LogP contribution in [0.3, 0.4) is 0 Å². The third-order valence-corrected chi connectivity index (χ3v) is 6.29. The average molecular weight is 461 g/mol. The third-order valence-electron chi connectivity index (χ3n) is 5.19. The van der Waals surface area contributed by atoms with Gasteiger partial charge < -0.3 is 20.1 Å².